The Morgan fingerprint density at radius 1 is 1.06 bits per heavy atom. The fraction of sp³-hybridized carbons (Fsp3) is 0.483. The lowest BCUT2D eigenvalue weighted by atomic mass is 9.95. The predicted octanol–water partition coefficient (Wildman–Crippen LogP) is 5.97. The largest absolute Gasteiger partial charge is 0.444 e. The van der Waals surface area contributed by atoms with Crippen LogP contribution in [0.5, 0.6) is 0 Å². The third-order valence-electron chi connectivity index (χ3n) is 7.75. The van der Waals surface area contributed by atoms with Crippen LogP contribution >= 0.6 is 0 Å². The van der Waals surface area contributed by atoms with Crippen LogP contribution in [0.25, 0.3) is 22.3 Å². The zero-order valence-electron chi connectivity index (χ0n) is 21.4. The summed E-state index contributed by atoms with van der Waals surface area (Å²) in [6.07, 6.45) is 10.7. The number of carbonyl (C=O) groups is 1. The molecule has 7 heteroatoms. The third kappa shape index (κ3) is 4.47. The second-order valence-electron chi connectivity index (χ2n) is 11.5. The highest BCUT2D eigenvalue weighted by Gasteiger charge is 2.44. The van der Waals surface area contributed by atoms with Crippen molar-refractivity contribution in [2.24, 2.45) is 0 Å². The van der Waals surface area contributed by atoms with Crippen LogP contribution in [0, 0.1) is 0 Å². The number of fused-ring (bicyclic) bond motifs is 5. The molecule has 1 amide bonds. The van der Waals surface area contributed by atoms with Gasteiger partial charge in [-0.25, -0.2) is 9.78 Å². The van der Waals surface area contributed by atoms with Crippen molar-refractivity contribution in [1.29, 1.82) is 0 Å². The molecule has 7 nitrogen and oxygen atoms in total. The standard InChI is InChI=1S/C29H35N5O2/c1-29(2,3)36-28(35)34-22-8-9-23(34)15-21(14-22)32-27-12-11-25-24-10-7-18(20-16-30-31-17-20)13-19(24)5-4-6-26(25)33-27/h7,10-13,16-17,21-23H,4-6,8-9,14-15H2,1-3H3,(H,30,31)(H,32,33)/t21?,22-,23?/m0/s1. The van der Waals surface area contributed by atoms with E-state index in [0.717, 1.165) is 56.3 Å². The van der Waals surface area contributed by atoms with Crippen LogP contribution in [0.2, 0.25) is 0 Å². The summed E-state index contributed by atoms with van der Waals surface area (Å²) < 4.78 is 5.69. The number of carbonyl (C=O) groups excluding carboxylic acids is 1. The first-order chi connectivity index (χ1) is 17.3. The van der Waals surface area contributed by atoms with Crippen molar-refractivity contribution < 1.29 is 9.53 Å². The Balaban J connectivity index is 1.18. The number of nitrogens with zero attached hydrogens (tertiary/aromatic N) is 3. The summed E-state index contributed by atoms with van der Waals surface area (Å²) in [5.74, 6) is 0.947. The molecule has 4 heterocycles. The number of anilines is 1. The lowest BCUT2D eigenvalue weighted by Crippen LogP contribution is -2.51. The number of hydrogen-bond donors (Lipinski definition) is 2. The highest BCUT2D eigenvalue weighted by molar-refractivity contribution is 5.76. The first-order valence-electron chi connectivity index (χ1n) is 13.2. The quantitative estimate of drug-likeness (QED) is 0.478. The average molecular weight is 486 g/mol. The summed E-state index contributed by atoms with van der Waals surface area (Å²) in [4.78, 5) is 19.9. The summed E-state index contributed by atoms with van der Waals surface area (Å²) in [7, 11) is 0. The van der Waals surface area contributed by atoms with Crippen LogP contribution in [0.1, 0.15) is 64.1 Å². The zero-order valence-corrected chi connectivity index (χ0v) is 21.4. The molecule has 0 spiro atoms. The molecule has 0 saturated carbocycles. The van der Waals surface area contributed by atoms with Gasteiger partial charge in [0.15, 0.2) is 0 Å². The molecule has 2 N–H and O–H groups in total. The topological polar surface area (TPSA) is 83.1 Å². The normalized spacial score (nSPS) is 23.0. The summed E-state index contributed by atoms with van der Waals surface area (Å²) in [6, 6.07) is 11.9. The van der Waals surface area contributed by atoms with Crippen molar-refractivity contribution in [1.82, 2.24) is 20.1 Å². The zero-order chi connectivity index (χ0) is 24.9. The highest BCUT2D eigenvalue weighted by Crippen LogP contribution is 2.39. The number of piperidine rings is 1. The summed E-state index contributed by atoms with van der Waals surface area (Å²) in [5, 5.41) is 10.7. The average Bonchev–Trinajstić information content (AvgIpc) is 3.41. The van der Waals surface area contributed by atoms with Crippen molar-refractivity contribution in [3.63, 3.8) is 0 Å². The van der Waals surface area contributed by atoms with Gasteiger partial charge in [0.2, 0.25) is 0 Å². The minimum Gasteiger partial charge on any atom is -0.444 e. The lowest BCUT2D eigenvalue weighted by molar-refractivity contribution is 0.00683. The maximum absolute atomic E-state index is 12.8. The van der Waals surface area contributed by atoms with Gasteiger partial charge >= 0.3 is 6.09 Å². The smallest absolute Gasteiger partial charge is 0.410 e. The molecule has 2 aromatic heterocycles. The molecule has 2 aliphatic heterocycles. The second kappa shape index (κ2) is 8.95. The maximum atomic E-state index is 12.8. The number of H-pyrrole nitrogens is 1. The Bertz CT molecular complexity index is 1250. The molecule has 2 saturated heterocycles. The van der Waals surface area contributed by atoms with E-state index < -0.39 is 5.60 Å². The van der Waals surface area contributed by atoms with E-state index in [1.54, 1.807) is 0 Å². The van der Waals surface area contributed by atoms with E-state index in [0.29, 0.717) is 6.04 Å². The van der Waals surface area contributed by atoms with Gasteiger partial charge in [0.25, 0.3) is 0 Å². The first kappa shape index (κ1) is 23.1. The fourth-order valence-corrected chi connectivity index (χ4v) is 6.23. The van der Waals surface area contributed by atoms with Gasteiger partial charge in [0, 0.05) is 35.4 Å². The number of aryl methyl sites for hydroxylation is 2. The molecular formula is C29H35N5O2. The SMILES string of the molecule is CC(C)(C)OC(=O)N1C2CC[C@H]1CC(Nc1ccc3c(n1)CCCc1cc(-c4cn[nH]c4)ccc1-3)C2. The summed E-state index contributed by atoms with van der Waals surface area (Å²) in [5.41, 5.74) is 6.93. The second-order valence-corrected chi connectivity index (χ2v) is 11.5. The number of nitrogens with one attached hydrogen (secondary N) is 2. The molecule has 2 bridgehead atoms. The van der Waals surface area contributed by atoms with Crippen LogP contribution in [-0.4, -0.2) is 49.9 Å². The lowest BCUT2D eigenvalue weighted by Gasteiger charge is -2.39. The number of aromatic nitrogens is 3. The molecule has 188 valence electrons. The predicted molar refractivity (Wildman–Crippen MR) is 141 cm³/mol. The van der Waals surface area contributed by atoms with Crippen LogP contribution in [0.3, 0.4) is 0 Å². The van der Waals surface area contributed by atoms with Crippen LogP contribution < -0.4 is 5.32 Å². The van der Waals surface area contributed by atoms with Gasteiger partial charge in [-0.05, 0) is 94.5 Å². The minimum absolute atomic E-state index is 0.161. The van der Waals surface area contributed by atoms with Crippen molar-refractivity contribution in [2.45, 2.75) is 89.4 Å². The number of pyridine rings is 1. The Morgan fingerprint density at radius 3 is 2.56 bits per heavy atom. The van der Waals surface area contributed by atoms with Gasteiger partial charge in [-0.2, -0.15) is 5.10 Å². The Kier molecular flexibility index (Phi) is 5.73. The van der Waals surface area contributed by atoms with Gasteiger partial charge in [-0.1, -0.05) is 18.2 Å². The minimum atomic E-state index is -0.461. The number of aromatic amines is 1. The number of amides is 1. The molecular weight excluding hydrogens is 450 g/mol. The van der Waals surface area contributed by atoms with Crippen molar-refractivity contribution in [3.8, 4) is 22.3 Å². The maximum Gasteiger partial charge on any atom is 0.410 e. The molecule has 36 heavy (non-hydrogen) atoms. The van der Waals surface area contributed by atoms with E-state index in [9.17, 15) is 4.79 Å². The summed E-state index contributed by atoms with van der Waals surface area (Å²) in [6.45, 7) is 5.80. The Labute approximate surface area is 212 Å². The van der Waals surface area contributed by atoms with E-state index in [-0.39, 0.29) is 18.2 Å². The van der Waals surface area contributed by atoms with Crippen LogP contribution in [0.15, 0.2) is 42.7 Å². The number of hydrogen-bond acceptors (Lipinski definition) is 5. The van der Waals surface area contributed by atoms with E-state index >= 15 is 0 Å². The fourth-order valence-electron chi connectivity index (χ4n) is 6.23. The highest BCUT2D eigenvalue weighted by atomic mass is 16.6. The van der Waals surface area contributed by atoms with Gasteiger partial charge < -0.3 is 15.0 Å². The van der Waals surface area contributed by atoms with E-state index in [4.69, 9.17) is 9.72 Å². The molecule has 3 aliphatic rings. The van der Waals surface area contributed by atoms with Crippen molar-refractivity contribution >= 4 is 11.9 Å². The summed E-state index contributed by atoms with van der Waals surface area (Å²) >= 11 is 0. The van der Waals surface area contributed by atoms with Crippen molar-refractivity contribution in [3.05, 3.63) is 54.0 Å². The number of ether oxygens (including phenoxy) is 1. The van der Waals surface area contributed by atoms with E-state index in [1.807, 2.05) is 38.1 Å². The molecule has 1 aliphatic carbocycles. The van der Waals surface area contributed by atoms with E-state index in [1.165, 1.54) is 27.9 Å². The monoisotopic (exact) mass is 485 g/mol. The molecule has 1 aromatic carbocycles. The van der Waals surface area contributed by atoms with E-state index in [2.05, 4.69) is 45.8 Å². The first-order valence-corrected chi connectivity index (χ1v) is 13.2. The molecule has 2 unspecified atom stereocenters. The Morgan fingerprint density at radius 2 is 1.83 bits per heavy atom. The number of rotatable bonds is 3. The molecule has 3 aromatic rings. The molecule has 6 rings (SSSR count). The molecule has 0 radical (unpaired) electrons. The van der Waals surface area contributed by atoms with Gasteiger partial charge in [0.1, 0.15) is 11.4 Å². The van der Waals surface area contributed by atoms with Gasteiger partial charge in [-0.15, -0.1) is 0 Å². The molecule has 2 fully saturated rings. The number of benzene rings is 1. The van der Waals surface area contributed by atoms with Crippen LogP contribution in [-0.2, 0) is 17.6 Å². The van der Waals surface area contributed by atoms with Crippen molar-refractivity contribution in [2.75, 3.05) is 5.32 Å². The Hall–Kier alpha value is -3.35. The molecule has 3 atom stereocenters. The van der Waals surface area contributed by atoms with Crippen LogP contribution in [0.4, 0.5) is 10.6 Å². The third-order valence-corrected chi connectivity index (χ3v) is 7.75. The van der Waals surface area contributed by atoms with Gasteiger partial charge in [0.05, 0.1) is 11.9 Å². The van der Waals surface area contributed by atoms with Gasteiger partial charge in [-0.3, -0.25) is 5.10 Å².